The number of pyridine rings is 1. The van der Waals surface area contributed by atoms with E-state index in [0.717, 1.165) is 0 Å². The largest absolute Gasteiger partial charge is 0.478 e. The highest BCUT2D eigenvalue weighted by Gasteiger charge is 2.13. The smallest absolute Gasteiger partial charge is 0.337 e. The van der Waals surface area contributed by atoms with Gasteiger partial charge in [-0.15, -0.1) is 10.2 Å². The highest BCUT2D eigenvalue weighted by Crippen LogP contribution is 2.19. The van der Waals surface area contributed by atoms with Gasteiger partial charge >= 0.3 is 5.97 Å². The van der Waals surface area contributed by atoms with Crippen molar-refractivity contribution in [3.8, 4) is 0 Å². The van der Waals surface area contributed by atoms with Crippen molar-refractivity contribution in [2.24, 2.45) is 0 Å². The summed E-state index contributed by atoms with van der Waals surface area (Å²) in [6, 6.07) is 1.37. The third-order valence-corrected chi connectivity index (χ3v) is 2.51. The number of carboxylic acid groups (broad SMARTS) is 1. The number of hydrogen-bond acceptors (Lipinski definition) is 4. The number of nitrogens with zero attached hydrogens (tertiary/aromatic N) is 4. The number of carboxylic acids is 1. The highest BCUT2D eigenvalue weighted by molar-refractivity contribution is 6.33. The number of aromatic nitrogens is 3. The number of rotatable bonds is 3. The molecule has 1 N–H and O–H groups in total. The second-order valence-corrected chi connectivity index (χ2v) is 4.34. The molecule has 0 atom stereocenters. The van der Waals surface area contributed by atoms with E-state index in [2.05, 4.69) is 10.2 Å². The second kappa shape index (κ2) is 4.31. The zero-order valence-corrected chi connectivity index (χ0v) is 10.1. The summed E-state index contributed by atoms with van der Waals surface area (Å²) in [6.07, 6.45) is 1.47. The predicted octanol–water partition coefficient (Wildman–Crippen LogP) is 1.14. The molecule has 0 spiro atoms. The normalized spacial score (nSPS) is 11.3. The van der Waals surface area contributed by atoms with Crippen molar-refractivity contribution in [1.29, 1.82) is 0 Å². The summed E-state index contributed by atoms with van der Waals surface area (Å²) in [5, 5.41) is 17.2. The second-order valence-electron chi connectivity index (χ2n) is 3.93. The minimum atomic E-state index is -1.03. The summed E-state index contributed by atoms with van der Waals surface area (Å²) in [7, 11) is 3.79. The first-order valence-corrected chi connectivity index (χ1v) is 5.28. The van der Waals surface area contributed by atoms with Gasteiger partial charge in [-0.3, -0.25) is 4.40 Å². The van der Waals surface area contributed by atoms with E-state index >= 15 is 0 Å². The fraction of sp³-hybridized carbons (Fsp3) is 0.300. The average Bonchev–Trinajstić information content (AvgIpc) is 2.61. The summed E-state index contributed by atoms with van der Waals surface area (Å²) in [5.74, 6) is -0.381. The Morgan fingerprint density at radius 3 is 2.82 bits per heavy atom. The van der Waals surface area contributed by atoms with Crippen LogP contribution in [0.25, 0.3) is 5.65 Å². The number of halogens is 1. The Morgan fingerprint density at radius 2 is 2.24 bits per heavy atom. The molecular formula is C10H11ClN4O2. The van der Waals surface area contributed by atoms with Gasteiger partial charge in [0.05, 0.1) is 17.1 Å². The van der Waals surface area contributed by atoms with Gasteiger partial charge in [0.2, 0.25) is 0 Å². The molecule has 2 aromatic heterocycles. The Bertz CT molecular complexity index is 579. The molecule has 2 rings (SSSR count). The maximum Gasteiger partial charge on any atom is 0.337 e. The van der Waals surface area contributed by atoms with Crippen LogP contribution in [0.5, 0.6) is 0 Å². The van der Waals surface area contributed by atoms with E-state index < -0.39 is 5.97 Å². The molecule has 17 heavy (non-hydrogen) atoms. The first-order valence-electron chi connectivity index (χ1n) is 4.90. The van der Waals surface area contributed by atoms with E-state index in [1.807, 2.05) is 19.0 Å². The fourth-order valence-electron chi connectivity index (χ4n) is 1.51. The van der Waals surface area contributed by atoms with Crippen LogP contribution in [0.2, 0.25) is 5.02 Å². The molecule has 0 radical (unpaired) electrons. The first-order chi connectivity index (χ1) is 7.99. The third kappa shape index (κ3) is 2.22. The zero-order valence-electron chi connectivity index (χ0n) is 9.38. The van der Waals surface area contributed by atoms with Gasteiger partial charge in [-0.25, -0.2) is 4.79 Å². The molecule has 7 heteroatoms. The van der Waals surface area contributed by atoms with Gasteiger partial charge in [0, 0.05) is 6.20 Å². The quantitative estimate of drug-likeness (QED) is 0.890. The van der Waals surface area contributed by atoms with Gasteiger partial charge in [-0.1, -0.05) is 11.6 Å². The average molecular weight is 255 g/mol. The van der Waals surface area contributed by atoms with E-state index in [1.165, 1.54) is 12.3 Å². The lowest BCUT2D eigenvalue weighted by atomic mass is 10.3. The van der Waals surface area contributed by atoms with Gasteiger partial charge in [-0.2, -0.15) is 0 Å². The van der Waals surface area contributed by atoms with Crippen molar-refractivity contribution in [3.63, 3.8) is 0 Å². The summed E-state index contributed by atoms with van der Waals surface area (Å²) < 4.78 is 1.60. The molecular weight excluding hydrogens is 244 g/mol. The summed E-state index contributed by atoms with van der Waals surface area (Å²) >= 11 is 5.96. The molecule has 2 heterocycles. The Hall–Kier alpha value is -1.66. The lowest BCUT2D eigenvalue weighted by molar-refractivity contribution is 0.0696. The van der Waals surface area contributed by atoms with Gasteiger partial charge in [0.25, 0.3) is 0 Å². The van der Waals surface area contributed by atoms with Crippen LogP contribution in [-0.2, 0) is 6.54 Å². The number of hydrogen-bond donors (Lipinski definition) is 1. The summed E-state index contributed by atoms with van der Waals surface area (Å²) in [6.45, 7) is 0.556. The van der Waals surface area contributed by atoms with E-state index in [1.54, 1.807) is 4.40 Å². The maximum absolute atomic E-state index is 10.9. The Labute approximate surface area is 102 Å². The minimum Gasteiger partial charge on any atom is -0.478 e. The lowest BCUT2D eigenvalue weighted by Gasteiger charge is -2.08. The molecule has 0 saturated carbocycles. The molecule has 0 saturated heterocycles. The fourth-order valence-corrected chi connectivity index (χ4v) is 1.75. The minimum absolute atomic E-state index is 0.113. The highest BCUT2D eigenvalue weighted by atomic mass is 35.5. The van der Waals surface area contributed by atoms with Crippen molar-refractivity contribution in [2.75, 3.05) is 14.1 Å². The Kier molecular flexibility index (Phi) is 2.99. The maximum atomic E-state index is 10.9. The van der Waals surface area contributed by atoms with Crippen molar-refractivity contribution < 1.29 is 9.90 Å². The topological polar surface area (TPSA) is 70.7 Å². The molecule has 0 aliphatic rings. The lowest BCUT2D eigenvalue weighted by Crippen LogP contribution is -2.13. The number of carbonyl (C=O) groups is 1. The van der Waals surface area contributed by atoms with E-state index in [9.17, 15) is 4.79 Å². The molecule has 0 unspecified atom stereocenters. The van der Waals surface area contributed by atoms with Crippen LogP contribution in [0.1, 0.15) is 16.2 Å². The summed E-state index contributed by atoms with van der Waals surface area (Å²) in [4.78, 5) is 12.8. The van der Waals surface area contributed by atoms with E-state index in [-0.39, 0.29) is 10.6 Å². The van der Waals surface area contributed by atoms with Gasteiger partial charge in [0.1, 0.15) is 0 Å². The van der Waals surface area contributed by atoms with E-state index in [0.29, 0.717) is 18.0 Å². The molecule has 0 bridgehead atoms. The van der Waals surface area contributed by atoms with Crippen molar-refractivity contribution in [1.82, 2.24) is 19.5 Å². The summed E-state index contributed by atoms with van der Waals surface area (Å²) in [5.41, 5.74) is 0.579. The predicted molar refractivity (Wildman–Crippen MR) is 62.3 cm³/mol. The first kappa shape index (κ1) is 11.8. The van der Waals surface area contributed by atoms with Crippen LogP contribution in [0.3, 0.4) is 0 Å². The van der Waals surface area contributed by atoms with Crippen LogP contribution < -0.4 is 0 Å². The van der Waals surface area contributed by atoms with Crippen LogP contribution in [0.4, 0.5) is 0 Å². The van der Waals surface area contributed by atoms with Gasteiger partial charge in [-0.05, 0) is 20.2 Å². The molecule has 0 fully saturated rings. The van der Waals surface area contributed by atoms with Crippen LogP contribution in [0.15, 0.2) is 12.3 Å². The molecule has 90 valence electrons. The van der Waals surface area contributed by atoms with Gasteiger partial charge < -0.3 is 10.0 Å². The number of aromatic carboxylic acids is 1. The third-order valence-electron chi connectivity index (χ3n) is 2.24. The Morgan fingerprint density at radius 1 is 1.53 bits per heavy atom. The van der Waals surface area contributed by atoms with Crippen LogP contribution in [-0.4, -0.2) is 44.7 Å². The molecule has 0 aliphatic heterocycles. The van der Waals surface area contributed by atoms with Gasteiger partial charge in [0.15, 0.2) is 11.5 Å². The van der Waals surface area contributed by atoms with E-state index in [4.69, 9.17) is 16.7 Å². The molecule has 0 aromatic carbocycles. The molecule has 0 amide bonds. The SMILES string of the molecule is CN(C)Cc1nnc2c(Cl)cc(C(=O)O)cn12. The molecule has 0 aliphatic carbocycles. The van der Waals surface area contributed by atoms with Crippen molar-refractivity contribution >= 4 is 23.2 Å². The molecule has 6 nitrogen and oxygen atoms in total. The zero-order chi connectivity index (χ0) is 12.6. The number of fused-ring (bicyclic) bond motifs is 1. The molecule has 2 aromatic rings. The Balaban J connectivity index is 2.61. The standard InChI is InChI=1S/C10H11ClN4O2/c1-14(2)5-8-12-13-9-7(11)3-6(10(16)17)4-15(8)9/h3-4H,5H2,1-2H3,(H,16,17). The van der Waals surface area contributed by atoms with Crippen molar-refractivity contribution in [2.45, 2.75) is 6.54 Å². The van der Waals surface area contributed by atoms with Crippen LogP contribution >= 0.6 is 11.6 Å². The monoisotopic (exact) mass is 254 g/mol. The van der Waals surface area contributed by atoms with Crippen molar-refractivity contribution in [3.05, 3.63) is 28.7 Å². The van der Waals surface area contributed by atoms with Crippen LogP contribution in [0, 0.1) is 0 Å².